The monoisotopic (exact) mass is 913 g/mol. The van der Waals surface area contributed by atoms with Crippen molar-refractivity contribution < 1.29 is 24.6 Å². The maximum absolute atomic E-state index is 14.2. The summed E-state index contributed by atoms with van der Waals surface area (Å²) in [5.74, 6) is 2.09. The number of carbonyl (C=O) groups excluding carboxylic acids is 3. The van der Waals surface area contributed by atoms with E-state index < -0.39 is 23.6 Å². The minimum absolute atomic E-state index is 0.0311. The summed E-state index contributed by atoms with van der Waals surface area (Å²) in [6, 6.07) is 16.5. The van der Waals surface area contributed by atoms with Gasteiger partial charge in [0.25, 0.3) is 0 Å². The van der Waals surface area contributed by atoms with Crippen molar-refractivity contribution in [2.75, 3.05) is 52.4 Å². The third-order valence-corrected chi connectivity index (χ3v) is 15.5. The van der Waals surface area contributed by atoms with Crippen molar-refractivity contribution in [2.24, 2.45) is 5.41 Å². The Bertz CT molecular complexity index is 2450. The number of nitrogens with zero attached hydrogens (tertiary/aromatic N) is 7. The van der Waals surface area contributed by atoms with Crippen LogP contribution in [0.1, 0.15) is 101 Å². The van der Waals surface area contributed by atoms with Gasteiger partial charge in [0, 0.05) is 91.9 Å². The molecular weight excluding hydrogens is 845 g/mol. The summed E-state index contributed by atoms with van der Waals surface area (Å²) >= 11 is 0. The van der Waals surface area contributed by atoms with Crippen LogP contribution in [-0.4, -0.2) is 156 Å². The highest BCUT2D eigenvalue weighted by Crippen LogP contribution is 2.40. The van der Waals surface area contributed by atoms with E-state index in [-0.39, 0.29) is 49.1 Å². The van der Waals surface area contributed by atoms with Gasteiger partial charge < -0.3 is 45.4 Å². The van der Waals surface area contributed by atoms with Crippen molar-refractivity contribution in [3.05, 3.63) is 77.0 Å². The number of hydrogen-bond acceptors (Lipinski definition) is 10. The highest BCUT2D eigenvalue weighted by atomic mass is 16.3. The number of urea groups is 1. The highest BCUT2D eigenvalue weighted by Gasteiger charge is 2.45. The average molecular weight is 913 g/mol. The number of aliphatic hydroxyl groups is 1. The number of para-hydroxylation sites is 1. The lowest BCUT2D eigenvalue weighted by atomic mass is 9.85. The number of aromatic amines is 1. The third-order valence-electron chi connectivity index (χ3n) is 15.5. The van der Waals surface area contributed by atoms with E-state index >= 15 is 0 Å². The Morgan fingerprint density at radius 3 is 2.16 bits per heavy atom. The van der Waals surface area contributed by atoms with Crippen molar-refractivity contribution in [3.63, 3.8) is 0 Å². The molecule has 356 valence electrons. The minimum atomic E-state index is -0.879. The molecule has 0 bridgehead atoms. The fourth-order valence-electron chi connectivity index (χ4n) is 11.7. The number of H-pyrrole nitrogens is 1. The van der Waals surface area contributed by atoms with Crippen LogP contribution in [0.25, 0.3) is 22.3 Å². The second-order valence-electron chi connectivity index (χ2n) is 20.6. The number of fused-ring (bicyclic) bond motifs is 3. The number of aliphatic hydroxyl groups excluding tert-OH is 1. The minimum Gasteiger partial charge on any atom is -0.507 e. The zero-order chi connectivity index (χ0) is 47.0. The fourth-order valence-corrected chi connectivity index (χ4v) is 11.7. The van der Waals surface area contributed by atoms with Gasteiger partial charge in [-0.15, -0.1) is 16.6 Å². The zero-order valence-corrected chi connectivity index (χ0v) is 39.6. The molecule has 0 saturated carbocycles. The molecule has 5 aliphatic heterocycles. The number of β-amino-alcohol motifs (C(OH)–C–C–N with tert-alkyl or cyclic N) is 1. The lowest BCUT2D eigenvalue weighted by Crippen LogP contribution is -2.60. The van der Waals surface area contributed by atoms with Crippen LogP contribution in [0.4, 0.5) is 4.79 Å². The molecule has 4 atom stereocenters. The van der Waals surface area contributed by atoms with E-state index in [0.717, 1.165) is 99.8 Å². The molecule has 4 amide bonds. The molecule has 5 N–H and O–H groups in total. The second kappa shape index (κ2) is 19.6. The molecule has 4 aromatic rings. The first-order chi connectivity index (χ1) is 32.2. The van der Waals surface area contributed by atoms with E-state index in [9.17, 15) is 24.6 Å². The maximum atomic E-state index is 14.2. The van der Waals surface area contributed by atoms with E-state index in [4.69, 9.17) is 6.42 Å². The van der Waals surface area contributed by atoms with Gasteiger partial charge in [0.15, 0.2) is 5.65 Å². The number of nitrogens with one attached hydrogen (secondary N) is 3. The van der Waals surface area contributed by atoms with Gasteiger partial charge in [-0.1, -0.05) is 51.0 Å². The highest BCUT2D eigenvalue weighted by molar-refractivity contribution is 5.93. The number of phenols is 1. The molecule has 4 fully saturated rings. The Hall–Kier alpha value is -5.53. The number of benzene rings is 2. The van der Waals surface area contributed by atoms with Crippen molar-refractivity contribution >= 4 is 28.9 Å². The molecular formula is C52H68N10O5. The number of terminal acetylenes is 1. The number of likely N-dealkylation sites (tertiary alicyclic amines) is 4. The number of phenolic OH excluding ortho intramolecular Hbond substituents is 1. The van der Waals surface area contributed by atoms with Crippen molar-refractivity contribution in [3.8, 4) is 29.4 Å². The molecule has 15 heteroatoms. The molecule has 15 nitrogen and oxygen atoms in total. The molecule has 4 saturated heterocycles. The van der Waals surface area contributed by atoms with E-state index in [2.05, 4.69) is 59.4 Å². The van der Waals surface area contributed by atoms with Crippen LogP contribution in [0.5, 0.6) is 5.75 Å². The molecule has 67 heavy (non-hydrogen) atoms. The molecule has 5 aliphatic rings. The van der Waals surface area contributed by atoms with Crippen LogP contribution < -0.4 is 10.6 Å². The first kappa shape index (κ1) is 46.6. The van der Waals surface area contributed by atoms with Crippen LogP contribution in [-0.2, 0) is 22.6 Å². The topological polar surface area (TPSA) is 173 Å². The number of hydrogen-bond donors (Lipinski definition) is 5. The quantitative estimate of drug-likeness (QED) is 0.144. The summed E-state index contributed by atoms with van der Waals surface area (Å²) in [5.41, 5.74) is 5.74. The number of rotatable bonds is 9. The van der Waals surface area contributed by atoms with Gasteiger partial charge in [0.1, 0.15) is 17.8 Å². The largest absolute Gasteiger partial charge is 0.507 e. The second-order valence-corrected chi connectivity index (χ2v) is 20.6. The molecule has 0 unspecified atom stereocenters. The molecule has 0 aliphatic carbocycles. The van der Waals surface area contributed by atoms with Gasteiger partial charge in [0.2, 0.25) is 11.8 Å². The van der Waals surface area contributed by atoms with Gasteiger partial charge in [-0.05, 0) is 119 Å². The summed E-state index contributed by atoms with van der Waals surface area (Å²) < 4.78 is 0. The van der Waals surface area contributed by atoms with Crippen LogP contribution in [0, 0.1) is 17.8 Å². The summed E-state index contributed by atoms with van der Waals surface area (Å²) in [7, 11) is 0. The number of amides is 4. The normalized spacial score (nSPS) is 23.5. The summed E-state index contributed by atoms with van der Waals surface area (Å²) in [4.78, 5) is 56.4. The molecule has 9 rings (SSSR count). The predicted octanol–water partition coefficient (Wildman–Crippen LogP) is 5.03. The Kier molecular flexibility index (Phi) is 13.6. The lowest BCUT2D eigenvalue weighted by Gasteiger charge is -2.47. The van der Waals surface area contributed by atoms with E-state index in [0.29, 0.717) is 42.5 Å². The molecule has 0 radical (unpaired) electrons. The number of aromatic hydroxyl groups is 1. The van der Waals surface area contributed by atoms with Crippen LogP contribution >= 0.6 is 0 Å². The van der Waals surface area contributed by atoms with E-state index in [1.165, 1.54) is 16.2 Å². The Morgan fingerprint density at radius 1 is 0.881 bits per heavy atom. The van der Waals surface area contributed by atoms with Gasteiger partial charge in [-0.3, -0.25) is 14.5 Å². The molecule has 7 heterocycles. The SMILES string of the molecule is C#Cc1ccc(CNC(=O)[C@@H]2C[C@@H](O)CN2C(=O)[C@@H](NC(=O)N2CCC(N3CCC(N4CCC(N5CCc6[nH]c7nnc(-c8ccccc8O)cc7c6[C@@H]5C)CC4)CC3)CC2)C(C)(C)C)cc1. The van der Waals surface area contributed by atoms with E-state index in [1.807, 2.05) is 68.1 Å². The lowest BCUT2D eigenvalue weighted by molar-refractivity contribution is -0.142. The summed E-state index contributed by atoms with van der Waals surface area (Å²) in [5, 5.41) is 37.2. The first-order valence-corrected chi connectivity index (χ1v) is 24.5. The van der Waals surface area contributed by atoms with Gasteiger partial charge in [0.05, 0.1) is 11.8 Å². The third kappa shape index (κ3) is 9.90. The van der Waals surface area contributed by atoms with Crippen molar-refractivity contribution in [1.82, 2.24) is 50.3 Å². The van der Waals surface area contributed by atoms with Crippen LogP contribution in [0.3, 0.4) is 0 Å². The van der Waals surface area contributed by atoms with E-state index in [1.54, 1.807) is 6.07 Å². The zero-order valence-electron chi connectivity index (χ0n) is 39.6. The molecule has 0 spiro atoms. The van der Waals surface area contributed by atoms with Crippen molar-refractivity contribution in [1.29, 1.82) is 0 Å². The standard InChI is InChI=1S/C52H68N10O5/c1-6-34-11-13-35(14-12-34)31-53-49(65)44-29-39(63)32-62(44)50(66)47(52(3,4)5)55-51(67)60-26-17-37(18-27-60)58-22-15-36(16-23-58)59-24-19-38(20-25-59)61-28-21-42-46(33(61)2)41-30-43(56-57-48(41)54-42)40-9-7-8-10-45(40)64/h1,7-14,30,33,36-39,44,47,63-64H,15-29,31-32H2,2-5H3,(H,53,65)(H,54,57)(H,55,67)/t33-,39+,44-,47+/m0/s1. The van der Waals surface area contributed by atoms with Gasteiger partial charge >= 0.3 is 6.03 Å². The maximum Gasteiger partial charge on any atom is 0.318 e. The van der Waals surface area contributed by atoms with Crippen LogP contribution in [0.2, 0.25) is 0 Å². The summed E-state index contributed by atoms with van der Waals surface area (Å²) in [6.45, 7) is 15.0. The van der Waals surface area contributed by atoms with Crippen molar-refractivity contribution in [2.45, 2.75) is 128 Å². The predicted molar refractivity (Wildman–Crippen MR) is 258 cm³/mol. The Balaban J connectivity index is 0.729. The number of piperidine rings is 3. The average Bonchev–Trinajstić information content (AvgIpc) is 3.93. The molecule has 2 aromatic heterocycles. The number of aromatic nitrogens is 3. The Morgan fingerprint density at radius 2 is 1.52 bits per heavy atom. The first-order valence-electron chi connectivity index (χ1n) is 24.5. The number of carbonyl (C=O) groups is 3. The fraction of sp³-hybridized carbons (Fsp3) is 0.558. The Labute approximate surface area is 394 Å². The smallest absolute Gasteiger partial charge is 0.318 e. The summed E-state index contributed by atoms with van der Waals surface area (Å²) in [6.07, 6.45) is 12.1. The van der Waals surface area contributed by atoms with Gasteiger partial charge in [-0.25, -0.2) is 4.79 Å². The van der Waals surface area contributed by atoms with Gasteiger partial charge in [-0.2, -0.15) is 0 Å². The molecule has 2 aromatic carbocycles. The van der Waals surface area contributed by atoms with Crippen LogP contribution in [0.15, 0.2) is 54.6 Å².